The Bertz CT molecular complexity index is 936. The summed E-state index contributed by atoms with van der Waals surface area (Å²) in [6, 6.07) is 3.07. The van der Waals surface area contributed by atoms with E-state index in [4.69, 9.17) is 16.3 Å². The molecule has 2 aliphatic rings. The van der Waals surface area contributed by atoms with Gasteiger partial charge in [0.1, 0.15) is 11.3 Å². The fourth-order valence-electron chi connectivity index (χ4n) is 3.52. The quantitative estimate of drug-likeness (QED) is 0.478. The zero-order valence-corrected chi connectivity index (χ0v) is 19.1. The van der Waals surface area contributed by atoms with Gasteiger partial charge in [-0.3, -0.25) is 4.79 Å². The Morgan fingerprint density at radius 2 is 1.94 bits per heavy atom. The summed E-state index contributed by atoms with van der Waals surface area (Å²) in [4.78, 5) is 34.2. The highest BCUT2D eigenvalue weighted by molar-refractivity contribution is 6.51. The lowest BCUT2D eigenvalue weighted by Gasteiger charge is -2.35. The summed E-state index contributed by atoms with van der Waals surface area (Å²) in [6.07, 6.45) is 2.53. The number of nitrogens with one attached hydrogen (secondary N) is 1. The number of carbonyl (C=O) groups excluding carboxylic acids is 2. The number of ether oxygens (including phenoxy) is 1. The molecular formula is C22H29ClN4O4. The number of anilines is 1. The van der Waals surface area contributed by atoms with Crippen LogP contribution in [0.3, 0.4) is 0 Å². The predicted molar refractivity (Wildman–Crippen MR) is 122 cm³/mol. The summed E-state index contributed by atoms with van der Waals surface area (Å²) in [7, 11) is 0. The molecule has 1 atom stereocenters. The van der Waals surface area contributed by atoms with Crippen molar-refractivity contribution >= 4 is 46.5 Å². The van der Waals surface area contributed by atoms with E-state index in [9.17, 15) is 14.7 Å². The summed E-state index contributed by atoms with van der Waals surface area (Å²) in [5, 5.41) is 13.2. The molecule has 168 valence electrons. The van der Waals surface area contributed by atoms with Gasteiger partial charge in [-0.25, -0.2) is 9.79 Å². The average Bonchev–Trinajstić information content (AvgIpc) is 2.64. The molecule has 0 fully saturated rings. The number of aryl methyl sites for hydroxylation is 1. The smallest absolute Gasteiger partial charge is 0.345 e. The lowest BCUT2D eigenvalue weighted by Crippen LogP contribution is -2.54. The first-order chi connectivity index (χ1) is 14.5. The van der Waals surface area contributed by atoms with Crippen molar-refractivity contribution in [1.82, 2.24) is 5.32 Å². The molecule has 0 bridgehead atoms. The van der Waals surface area contributed by atoms with Gasteiger partial charge in [-0.05, 0) is 58.2 Å². The lowest BCUT2D eigenvalue weighted by molar-refractivity contribution is -0.154. The number of unbranched alkanes of at least 4 members (excludes halogenated alkanes) is 3. The number of fused-ring (bicyclic) bond motifs is 2. The Morgan fingerprint density at radius 3 is 2.65 bits per heavy atom. The van der Waals surface area contributed by atoms with Crippen molar-refractivity contribution in [3.8, 4) is 0 Å². The molecule has 2 heterocycles. The Hall–Kier alpha value is -2.45. The molecule has 3 rings (SSSR count). The average molecular weight is 449 g/mol. The highest BCUT2D eigenvalue weighted by Crippen LogP contribution is 2.38. The first-order valence-corrected chi connectivity index (χ1v) is 10.9. The van der Waals surface area contributed by atoms with E-state index < -0.39 is 17.9 Å². The van der Waals surface area contributed by atoms with Crippen LogP contribution in [-0.4, -0.2) is 47.0 Å². The minimum absolute atomic E-state index is 0.181. The van der Waals surface area contributed by atoms with Crippen molar-refractivity contribution in [3.63, 3.8) is 0 Å². The highest BCUT2D eigenvalue weighted by Gasteiger charge is 2.35. The second-order valence-electron chi connectivity index (χ2n) is 8.78. The van der Waals surface area contributed by atoms with Gasteiger partial charge in [0, 0.05) is 18.0 Å². The van der Waals surface area contributed by atoms with Crippen LogP contribution < -0.4 is 10.2 Å². The Morgan fingerprint density at radius 1 is 1.23 bits per heavy atom. The molecule has 2 N–H and O–H groups in total. The van der Waals surface area contributed by atoms with E-state index in [1.54, 1.807) is 0 Å². The van der Waals surface area contributed by atoms with E-state index in [-0.39, 0.29) is 5.97 Å². The normalized spacial score (nSPS) is 17.9. The molecule has 0 aliphatic carbocycles. The first-order valence-electron chi connectivity index (χ1n) is 10.5. The number of amides is 2. The van der Waals surface area contributed by atoms with E-state index in [2.05, 4.69) is 15.3 Å². The summed E-state index contributed by atoms with van der Waals surface area (Å²) in [5.41, 5.74) is 2.17. The molecule has 0 saturated carbocycles. The summed E-state index contributed by atoms with van der Waals surface area (Å²) in [5.74, 6) is 0.164. The second-order valence-corrected chi connectivity index (χ2v) is 9.18. The summed E-state index contributed by atoms with van der Waals surface area (Å²) in [6.45, 7) is 8.05. The number of esters is 1. The maximum atomic E-state index is 11.9. The zero-order chi connectivity index (χ0) is 22.8. The van der Waals surface area contributed by atoms with Crippen LogP contribution in [0.4, 0.5) is 16.2 Å². The molecule has 0 spiro atoms. The van der Waals surface area contributed by atoms with Crippen LogP contribution >= 0.6 is 11.6 Å². The van der Waals surface area contributed by atoms with Crippen molar-refractivity contribution in [1.29, 1.82) is 0 Å². The molecular weight excluding hydrogens is 420 g/mol. The van der Waals surface area contributed by atoms with Crippen LogP contribution in [0.5, 0.6) is 0 Å². The molecule has 0 aromatic heterocycles. The fourth-order valence-corrected chi connectivity index (χ4v) is 3.68. The molecule has 8 nitrogen and oxygen atoms in total. The lowest BCUT2D eigenvalue weighted by atomic mass is 10.1. The van der Waals surface area contributed by atoms with Crippen molar-refractivity contribution in [2.45, 2.75) is 71.6 Å². The number of hydrogen-bond acceptors (Lipinski definition) is 6. The SMILES string of the molecule is Cc1cc2c(cc1Cl)N(CCCCCCC(=O)OC(C)(C)C)C1=NC(=O)NC(O)C1=N2. The number of aliphatic hydroxyl groups is 1. The van der Waals surface area contributed by atoms with Crippen LogP contribution in [0, 0.1) is 6.92 Å². The summed E-state index contributed by atoms with van der Waals surface area (Å²) < 4.78 is 5.33. The zero-order valence-electron chi connectivity index (χ0n) is 18.4. The van der Waals surface area contributed by atoms with Gasteiger partial charge in [0.25, 0.3) is 0 Å². The predicted octanol–water partition coefficient (Wildman–Crippen LogP) is 4.27. The van der Waals surface area contributed by atoms with Gasteiger partial charge >= 0.3 is 12.0 Å². The van der Waals surface area contributed by atoms with Crippen molar-refractivity contribution in [2.24, 2.45) is 9.98 Å². The number of carbonyl (C=O) groups is 2. The molecule has 0 radical (unpaired) electrons. The molecule has 0 saturated heterocycles. The van der Waals surface area contributed by atoms with Gasteiger partial charge in [0.05, 0.1) is 11.4 Å². The minimum Gasteiger partial charge on any atom is -0.460 e. The molecule has 2 amide bonds. The highest BCUT2D eigenvalue weighted by atomic mass is 35.5. The number of hydrogen-bond donors (Lipinski definition) is 2. The van der Waals surface area contributed by atoms with Crippen LogP contribution in [0.2, 0.25) is 5.02 Å². The van der Waals surface area contributed by atoms with Gasteiger partial charge in [-0.2, -0.15) is 4.99 Å². The van der Waals surface area contributed by atoms with Gasteiger partial charge < -0.3 is 20.1 Å². The van der Waals surface area contributed by atoms with E-state index in [1.807, 2.05) is 44.7 Å². The largest absolute Gasteiger partial charge is 0.460 e. The molecule has 1 aromatic carbocycles. The van der Waals surface area contributed by atoms with Gasteiger partial charge in [-0.1, -0.05) is 24.4 Å². The number of amidine groups is 1. The number of halogens is 1. The van der Waals surface area contributed by atoms with Gasteiger partial charge in [-0.15, -0.1) is 0 Å². The molecule has 9 heteroatoms. The van der Waals surface area contributed by atoms with E-state index in [1.165, 1.54) is 0 Å². The van der Waals surface area contributed by atoms with E-state index in [0.717, 1.165) is 36.9 Å². The molecule has 1 aromatic rings. The standard InChI is InChI=1S/C22H29ClN4O4/c1-13-11-15-16(12-14(13)23)27(19-18(24-15)20(29)26-21(30)25-19)10-8-6-5-7-9-17(28)31-22(2,3)4/h11-12,20,29H,5-10H2,1-4H3,(H,26,30). The van der Waals surface area contributed by atoms with Crippen molar-refractivity contribution < 1.29 is 19.4 Å². The van der Waals surface area contributed by atoms with Crippen LogP contribution in [0.25, 0.3) is 0 Å². The number of benzene rings is 1. The number of nitrogens with zero attached hydrogens (tertiary/aromatic N) is 3. The van der Waals surface area contributed by atoms with Crippen LogP contribution in [-0.2, 0) is 9.53 Å². The first kappa shape index (κ1) is 23.2. The third kappa shape index (κ3) is 5.83. The minimum atomic E-state index is -1.21. The van der Waals surface area contributed by atoms with Gasteiger partial charge in [0.2, 0.25) is 0 Å². The topological polar surface area (TPSA) is 104 Å². The second kappa shape index (κ2) is 9.36. The molecule has 31 heavy (non-hydrogen) atoms. The monoisotopic (exact) mass is 448 g/mol. The number of urea groups is 1. The number of aliphatic imine (C=N–C) groups is 2. The van der Waals surface area contributed by atoms with Crippen molar-refractivity contribution in [3.05, 3.63) is 22.7 Å². The van der Waals surface area contributed by atoms with Crippen LogP contribution in [0.1, 0.15) is 58.4 Å². The maximum Gasteiger partial charge on any atom is 0.345 e. The molecule has 2 aliphatic heterocycles. The van der Waals surface area contributed by atoms with Crippen LogP contribution in [0.15, 0.2) is 22.1 Å². The third-order valence-electron chi connectivity index (χ3n) is 4.93. The number of aliphatic hydroxyl groups excluding tert-OH is 1. The summed E-state index contributed by atoms with van der Waals surface area (Å²) >= 11 is 6.33. The Labute approximate surface area is 187 Å². The Kier molecular flexibility index (Phi) is 7.01. The fraction of sp³-hybridized carbons (Fsp3) is 0.545. The Balaban J connectivity index is 1.65. The van der Waals surface area contributed by atoms with E-state index in [0.29, 0.717) is 35.2 Å². The third-order valence-corrected chi connectivity index (χ3v) is 5.34. The van der Waals surface area contributed by atoms with E-state index >= 15 is 0 Å². The van der Waals surface area contributed by atoms with Crippen molar-refractivity contribution in [2.75, 3.05) is 11.4 Å². The maximum absolute atomic E-state index is 11.9. The number of rotatable bonds is 7. The van der Waals surface area contributed by atoms with Gasteiger partial charge in [0.15, 0.2) is 12.1 Å². The molecule has 1 unspecified atom stereocenters.